The number of carbonyl (C=O) groups is 1. The van der Waals surface area contributed by atoms with Gasteiger partial charge in [0, 0.05) is 24.3 Å². The van der Waals surface area contributed by atoms with Crippen molar-refractivity contribution in [2.24, 2.45) is 0 Å². The van der Waals surface area contributed by atoms with E-state index in [0.29, 0.717) is 37.8 Å². The third-order valence-electron chi connectivity index (χ3n) is 5.08. The van der Waals surface area contributed by atoms with E-state index in [-0.39, 0.29) is 10.8 Å². The molecule has 1 atom stereocenters. The van der Waals surface area contributed by atoms with Crippen LogP contribution in [-0.2, 0) is 14.8 Å². The van der Waals surface area contributed by atoms with Crippen molar-refractivity contribution in [1.29, 1.82) is 0 Å². The van der Waals surface area contributed by atoms with Gasteiger partial charge in [-0.15, -0.1) is 0 Å². The smallest absolute Gasteiger partial charge is 0.255 e. The first-order valence-corrected chi connectivity index (χ1v) is 11.0. The Bertz CT molecular complexity index is 920. The van der Waals surface area contributed by atoms with Gasteiger partial charge in [-0.3, -0.25) is 4.79 Å². The van der Waals surface area contributed by atoms with Crippen LogP contribution in [-0.4, -0.2) is 44.9 Å². The number of morpholine rings is 1. The lowest BCUT2D eigenvalue weighted by atomic mass is 9.97. The van der Waals surface area contributed by atoms with Gasteiger partial charge in [0.05, 0.1) is 18.1 Å². The Balaban J connectivity index is 1.76. The highest BCUT2D eigenvalue weighted by Gasteiger charge is 2.26. The summed E-state index contributed by atoms with van der Waals surface area (Å²) in [5, 5.41) is 2.95. The number of anilines is 1. The van der Waals surface area contributed by atoms with Crippen LogP contribution in [0.15, 0.2) is 53.4 Å². The standard InChI is InChI=1S/C21H26N2O4S/c1-3-16(2)19-6-4-5-7-20(19)22-21(24)17-8-10-18(11-9-17)28(25,26)23-12-14-27-15-13-23/h4-11,16H,3,12-15H2,1-2H3,(H,22,24)/t16-/m0/s1. The summed E-state index contributed by atoms with van der Waals surface area (Å²) in [5.41, 5.74) is 2.29. The Morgan fingerprint density at radius 1 is 1.11 bits per heavy atom. The normalized spacial score (nSPS) is 16.5. The number of benzene rings is 2. The highest BCUT2D eigenvalue weighted by molar-refractivity contribution is 7.89. The highest BCUT2D eigenvalue weighted by atomic mass is 32.2. The van der Waals surface area contributed by atoms with Gasteiger partial charge in [-0.1, -0.05) is 32.0 Å². The fourth-order valence-electron chi connectivity index (χ4n) is 3.17. The van der Waals surface area contributed by atoms with Gasteiger partial charge in [-0.2, -0.15) is 4.31 Å². The topological polar surface area (TPSA) is 75.7 Å². The lowest BCUT2D eigenvalue weighted by Crippen LogP contribution is -2.40. The van der Waals surface area contributed by atoms with Crippen molar-refractivity contribution in [3.05, 3.63) is 59.7 Å². The summed E-state index contributed by atoms with van der Waals surface area (Å²) in [5.74, 6) is 0.0728. The van der Waals surface area contributed by atoms with Crippen LogP contribution in [0.1, 0.15) is 42.1 Å². The molecule has 1 saturated heterocycles. The molecule has 0 unspecified atom stereocenters. The van der Waals surface area contributed by atoms with Crippen LogP contribution in [0.3, 0.4) is 0 Å². The Morgan fingerprint density at radius 2 is 1.75 bits per heavy atom. The fraction of sp³-hybridized carbons (Fsp3) is 0.381. The van der Waals surface area contributed by atoms with Gasteiger partial charge in [0.25, 0.3) is 5.91 Å². The summed E-state index contributed by atoms with van der Waals surface area (Å²) >= 11 is 0. The average Bonchev–Trinajstić information content (AvgIpc) is 2.74. The molecular formula is C21H26N2O4S. The molecule has 0 aromatic heterocycles. The SMILES string of the molecule is CC[C@H](C)c1ccccc1NC(=O)c1ccc(S(=O)(=O)N2CCOCC2)cc1. The molecule has 7 heteroatoms. The maximum absolute atomic E-state index is 12.7. The Morgan fingerprint density at radius 3 is 2.39 bits per heavy atom. The number of ether oxygens (including phenoxy) is 1. The number of nitrogens with one attached hydrogen (secondary N) is 1. The molecule has 2 aromatic carbocycles. The minimum Gasteiger partial charge on any atom is -0.379 e. The molecule has 0 spiro atoms. The molecule has 2 aromatic rings. The number of rotatable bonds is 6. The molecule has 1 fully saturated rings. The zero-order valence-corrected chi connectivity index (χ0v) is 17.0. The van der Waals surface area contributed by atoms with Gasteiger partial charge in [-0.05, 0) is 48.2 Å². The van der Waals surface area contributed by atoms with E-state index in [9.17, 15) is 13.2 Å². The van der Waals surface area contributed by atoms with Gasteiger partial charge in [0.15, 0.2) is 0 Å². The van der Waals surface area contributed by atoms with Crippen molar-refractivity contribution < 1.29 is 17.9 Å². The molecule has 1 aliphatic heterocycles. The van der Waals surface area contributed by atoms with Crippen LogP contribution >= 0.6 is 0 Å². The third kappa shape index (κ3) is 4.43. The van der Waals surface area contributed by atoms with Crippen LogP contribution in [0.2, 0.25) is 0 Å². The number of para-hydroxylation sites is 1. The maximum atomic E-state index is 12.7. The average molecular weight is 403 g/mol. The number of amides is 1. The molecule has 3 rings (SSSR count). The van der Waals surface area contributed by atoms with Gasteiger partial charge in [-0.25, -0.2) is 8.42 Å². The van der Waals surface area contributed by atoms with E-state index in [1.165, 1.54) is 16.4 Å². The zero-order chi connectivity index (χ0) is 20.1. The summed E-state index contributed by atoms with van der Waals surface area (Å²) in [6.07, 6.45) is 0.973. The second kappa shape index (κ2) is 8.86. The lowest BCUT2D eigenvalue weighted by Gasteiger charge is -2.26. The third-order valence-corrected chi connectivity index (χ3v) is 6.99. The van der Waals surface area contributed by atoms with Crippen molar-refractivity contribution in [3.8, 4) is 0 Å². The van der Waals surface area contributed by atoms with Gasteiger partial charge in [0.1, 0.15) is 0 Å². The van der Waals surface area contributed by atoms with Crippen molar-refractivity contribution in [2.45, 2.75) is 31.1 Å². The number of nitrogens with zero attached hydrogens (tertiary/aromatic N) is 1. The Kier molecular flexibility index (Phi) is 6.49. The second-order valence-corrected chi connectivity index (χ2v) is 8.83. The first kappa shape index (κ1) is 20.5. The van der Waals surface area contributed by atoms with Crippen LogP contribution in [0.25, 0.3) is 0 Å². The van der Waals surface area contributed by atoms with Crippen LogP contribution in [0, 0.1) is 0 Å². The molecule has 6 nitrogen and oxygen atoms in total. The van der Waals surface area contributed by atoms with E-state index in [4.69, 9.17) is 4.74 Å². The van der Waals surface area contributed by atoms with Gasteiger partial charge < -0.3 is 10.1 Å². The zero-order valence-electron chi connectivity index (χ0n) is 16.2. The summed E-state index contributed by atoms with van der Waals surface area (Å²) in [4.78, 5) is 12.8. The van der Waals surface area contributed by atoms with Gasteiger partial charge in [0.2, 0.25) is 10.0 Å². The molecule has 1 aliphatic rings. The Labute approximate surface area is 166 Å². The van der Waals surface area contributed by atoms with E-state index in [1.807, 2.05) is 24.3 Å². The molecule has 1 N–H and O–H groups in total. The number of hydrogen-bond acceptors (Lipinski definition) is 4. The largest absolute Gasteiger partial charge is 0.379 e. The second-order valence-electron chi connectivity index (χ2n) is 6.89. The minimum absolute atomic E-state index is 0.186. The van der Waals surface area contributed by atoms with E-state index in [2.05, 4.69) is 19.2 Å². The number of hydrogen-bond donors (Lipinski definition) is 1. The molecule has 28 heavy (non-hydrogen) atoms. The Hall–Kier alpha value is -2.22. The van der Waals surface area contributed by atoms with Gasteiger partial charge >= 0.3 is 0 Å². The summed E-state index contributed by atoms with van der Waals surface area (Å²) in [7, 11) is -3.56. The van der Waals surface area contributed by atoms with Crippen molar-refractivity contribution >= 4 is 21.6 Å². The fourth-order valence-corrected chi connectivity index (χ4v) is 4.58. The lowest BCUT2D eigenvalue weighted by molar-refractivity contribution is 0.0730. The molecule has 0 saturated carbocycles. The molecular weight excluding hydrogens is 376 g/mol. The minimum atomic E-state index is -3.56. The van der Waals surface area contributed by atoms with Crippen molar-refractivity contribution in [1.82, 2.24) is 4.31 Å². The molecule has 1 amide bonds. The molecule has 0 bridgehead atoms. The predicted molar refractivity (Wildman–Crippen MR) is 109 cm³/mol. The first-order chi connectivity index (χ1) is 13.4. The summed E-state index contributed by atoms with van der Waals surface area (Å²) in [6, 6.07) is 13.8. The predicted octanol–water partition coefficient (Wildman–Crippen LogP) is 3.47. The van der Waals surface area contributed by atoms with Crippen LogP contribution in [0.4, 0.5) is 5.69 Å². The van der Waals surface area contributed by atoms with E-state index in [1.54, 1.807) is 12.1 Å². The maximum Gasteiger partial charge on any atom is 0.255 e. The number of sulfonamides is 1. The summed E-state index contributed by atoms with van der Waals surface area (Å²) < 4.78 is 32.0. The molecule has 0 radical (unpaired) electrons. The van der Waals surface area contributed by atoms with Crippen LogP contribution < -0.4 is 5.32 Å². The molecule has 1 heterocycles. The number of carbonyl (C=O) groups excluding carboxylic acids is 1. The monoisotopic (exact) mass is 402 g/mol. The quantitative estimate of drug-likeness (QED) is 0.803. The van der Waals surface area contributed by atoms with Crippen molar-refractivity contribution in [3.63, 3.8) is 0 Å². The van der Waals surface area contributed by atoms with E-state index >= 15 is 0 Å². The first-order valence-electron chi connectivity index (χ1n) is 9.51. The highest BCUT2D eigenvalue weighted by Crippen LogP contribution is 2.27. The van der Waals surface area contributed by atoms with Crippen molar-refractivity contribution in [2.75, 3.05) is 31.6 Å². The molecule has 0 aliphatic carbocycles. The van der Waals surface area contributed by atoms with E-state index in [0.717, 1.165) is 17.7 Å². The van der Waals surface area contributed by atoms with Crippen LogP contribution in [0.5, 0.6) is 0 Å². The summed E-state index contributed by atoms with van der Waals surface area (Å²) in [6.45, 7) is 5.71. The van der Waals surface area contributed by atoms with E-state index < -0.39 is 10.0 Å². The molecule has 150 valence electrons.